The van der Waals surface area contributed by atoms with Gasteiger partial charge in [-0.15, -0.1) is 0 Å². The third-order valence-electron chi connectivity index (χ3n) is 14.1. The maximum Gasteiger partial charge on any atom is 0.339 e. The van der Waals surface area contributed by atoms with E-state index in [9.17, 15) is 4.79 Å². The number of carbonyl (C=O) groups excluding carboxylic acids is 1. The van der Waals surface area contributed by atoms with Gasteiger partial charge in [0, 0.05) is 17.8 Å². The quantitative estimate of drug-likeness (QED) is 0.255. The zero-order valence-corrected chi connectivity index (χ0v) is 26.9. The van der Waals surface area contributed by atoms with Crippen LogP contribution in [-0.2, 0) is 4.74 Å². The summed E-state index contributed by atoms with van der Waals surface area (Å²) < 4.78 is 6.18. The van der Waals surface area contributed by atoms with Crippen molar-refractivity contribution < 1.29 is 9.53 Å². The van der Waals surface area contributed by atoms with Crippen LogP contribution in [0.4, 0.5) is 0 Å². The highest BCUT2D eigenvalue weighted by atomic mass is 16.5. The van der Waals surface area contributed by atoms with E-state index >= 15 is 0 Å². The molecule has 4 fully saturated rings. The molecule has 226 valence electrons. The number of rotatable bonds is 8. The van der Waals surface area contributed by atoms with E-state index in [0.29, 0.717) is 35.8 Å². The van der Waals surface area contributed by atoms with E-state index in [-0.39, 0.29) is 33.0 Å². The topological polar surface area (TPSA) is 65.2 Å². The van der Waals surface area contributed by atoms with Crippen LogP contribution in [0.25, 0.3) is 0 Å². The predicted octanol–water partition coefficient (Wildman–Crippen LogP) is 8.78. The summed E-state index contributed by atoms with van der Waals surface area (Å²) >= 11 is 0. The molecule has 9 atom stereocenters. The molecule has 0 spiro atoms. The summed E-state index contributed by atoms with van der Waals surface area (Å²) in [6.07, 6.45) is 15.2. The summed E-state index contributed by atoms with van der Waals surface area (Å²) in [5.41, 5.74) is 10.2. The minimum atomic E-state index is -0.243. The molecule has 0 bridgehead atoms. The van der Waals surface area contributed by atoms with Crippen molar-refractivity contribution in [3.8, 4) is 0 Å². The molecular weight excluding hydrogens is 504 g/mol. The molecule has 4 aliphatic rings. The number of carbonyl (C=O) groups is 1. The second kappa shape index (κ2) is 10.6. The Labute approximate surface area is 250 Å². The Morgan fingerprint density at radius 1 is 1.00 bits per heavy atom. The number of pyridine rings is 1. The van der Waals surface area contributed by atoms with Crippen LogP contribution in [0.15, 0.2) is 48.8 Å². The van der Waals surface area contributed by atoms with E-state index in [1.807, 2.05) is 0 Å². The van der Waals surface area contributed by atoms with Crippen LogP contribution in [-0.4, -0.2) is 24.1 Å². The van der Waals surface area contributed by atoms with Crippen LogP contribution in [0, 0.1) is 50.7 Å². The highest BCUT2D eigenvalue weighted by Gasteiger charge is 2.73. The average Bonchev–Trinajstić information content (AvgIpc) is 3.34. The van der Waals surface area contributed by atoms with Gasteiger partial charge in [0.2, 0.25) is 0 Å². The second-order valence-electron chi connectivity index (χ2n) is 15.7. The largest absolute Gasteiger partial charge is 0.461 e. The molecule has 2 N–H and O–H groups in total. The average molecular weight is 561 g/mol. The number of ether oxygens (including phenoxy) is 1. The molecule has 0 radical (unpaired) electrons. The summed E-state index contributed by atoms with van der Waals surface area (Å²) in [5.74, 6) is 1.94. The molecule has 41 heavy (non-hydrogen) atoms. The fourth-order valence-electron chi connectivity index (χ4n) is 11.9. The molecule has 0 amide bonds. The maximum absolute atomic E-state index is 13.1. The van der Waals surface area contributed by atoms with Gasteiger partial charge in [-0.2, -0.15) is 0 Å². The summed E-state index contributed by atoms with van der Waals surface area (Å²) in [6, 6.07) is 3.61. The van der Waals surface area contributed by atoms with Gasteiger partial charge >= 0.3 is 5.97 Å². The van der Waals surface area contributed by atoms with Crippen molar-refractivity contribution in [2.24, 2.45) is 56.5 Å². The monoisotopic (exact) mass is 560 g/mol. The second-order valence-corrected chi connectivity index (χ2v) is 15.7. The zero-order chi connectivity index (χ0) is 29.8. The van der Waals surface area contributed by atoms with Crippen molar-refractivity contribution in [1.29, 1.82) is 0 Å². The lowest BCUT2D eigenvalue weighted by Gasteiger charge is -2.74. The lowest BCUT2D eigenvalue weighted by molar-refractivity contribution is -0.260. The first-order chi connectivity index (χ1) is 19.3. The molecule has 1 aromatic heterocycles. The molecular formula is C37H56N2O2. The molecule has 5 rings (SSSR count). The van der Waals surface area contributed by atoms with E-state index in [1.165, 1.54) is 49.7 Å². The normalized spacial score (nSPS) is 43.4. The zero-order valence-electron chi connectivity index (χ0n) is 26.9. The van der Waals surface area contributed by atoms with Gasteiger partial charge in [-0.05, 0) is 142 Å². The fourth-order valence-corrected chi connectivity index (χ4v) is 11.9. The van der Waals surface area contributed by atoms with Gasteiger partial charge in [-0.3, -0.25) is 4.98 Å². The van der Waals surface area contributed by atoms with Crippen LogP contribution in [0.2, 0.25) is 0 Å². The Morgan fingerprint density at radius 3 is 2.37 bits per heavy atom. The molecule has 0 unspecified atom stereocenters. The molecule has 4 aliphatic carbocycles. The number of aromatic nitrogens is 1. The van der Waals surface area contributed by atoms with Crippen molar-refractivity contribution in [2.45, 2.75) is 106 Å². The molecule has 1 aromatic rings. The Bertz CT molecular complexity index is 1180. The number of nitrogens with zero attached hydrogens (tertiary/aromatic N) is 1. The molecule has 1 heterocycles. The van der Waals surface area contributed by atoms with Gasteiger partial charge in [0.1, 0.15) is 0 Å². The lowest BCUT2D eigenvalue weighted by Crippen LogP contribution is -2.68. The maximum atomic E-state index is 13.1. The Balaban J connectivity index is 1.52. The number of fused-ring (bicyclic) bond motifs is 5. The summed E-state index contributed by atoms with van der Waals surface area (Å²) in [6.45, 7) is 25.4. The SMILES string of the molecule is C=C(C)[C@@H]1CC[C@]2(COC(=O)c3cccnc3)CC[C@@]3(C)[C@]4(C)CC[C@@H](C(=C)C)[C@](C)(CCCN)[C@H]4CC[C@]3(C)[C@@H]12. The highest BCUT2D eigenvalue weighted by Crippen LogP contribution is 2.80. The lowest BCUT2D eigenvalue weighted by atomic mass is 9.30. The Hall–Kier alpha value is -1.94. The van der Waals surface area contributed by atoms with Crippen LogP contribution in [0.3, 0.4) is 0 Å². The first kappa shape index (κ1) is 30.5. The summed E-state index contributed by atoms with van der Waals surface area (Å²) in [5, 5.41) is 0. The molecule has 0 aromatic carbocycles. The van der Waals surface area contributed by atoms with Crippen molar-refractivity contribution in [2.75, 3.05) is 13.2 Å². The Kier molecular flexibility index (Phi) is 7.93. The highest BCUT2D eigenvalue weighted by molar-refractivity contribution is 5.88. The van der Waals surface area contributed by atoms with Crippen molar-refractivity contribution in [1.82, 2.24) is 4.98 Å². The van der Waals surface area contributed by atoms with Gasteiger partial charge in [0.15, 0.2) is 0 Å². The van der Waals surface area contributed by atoms with Gasteiger partial charge in [-0.1, -0.05) is 52.0 Å². The minimum absolute atomic E-state index is 0.0106. The number of hydrogen-bond acceptors (Lipinski definition) is 4. The van der Waals surface area contributed by atoms with E-state index in [2.05, 4.69) is 59.7 Å². The van der Waals surface area contributed by atoms with Crippen molar-refractivity contribution in [3.63, 3.8) is 0 Å². The van der Waals surface area contributed by atoms with Crippen LogP contribution < -0.4 is 5.73 Å². The standard InChI is InChI=1S/C37H56N2O2/c1-25(2)28-12-18-37(24-41-32(40)27-11-9-22-39-23-27)20-19-36(8)34(6)16-13-29(26(3)4)33(5,15-10-21-38)30(34)14-17-35(36,7)31(28)37/h9,11,22-23,28-31H,1,3,10,12-21,24,38H2,2,4-8H3/t28-,29-,30+,31+,33-,34+,35+,36-,37+/m0/s1. The Morgan fingerprint density at radius 2 is 1.73 bits per heavy atom. The van der Waals surface area contributed by atoms with Crippen LogP contribution in [0.5, 0.6) is 0 Å². The van der Waals surface area contributed by atoms with Gasteiger partial charge in [0.05, 0.1) is 12.2 Å². The third-order valence-corrected chi connectivity index (χ3v) is 14.1. The number of nitrogens with two attached hydrogens (primary N) is 1. The summed E-state index contributed by atoms with van der Waals surface area (Å²) in [7, 11) is 0. The van der Waals surface area contributed by atoms with Crippen molar-refractivity contribution >= 4 is 5.97 Å². The molecule has 0 saturated heterocycles. The van der Waals surface area contributed by atoms with Gasteiger partial charge < -0.3 is 10.5 Å². The predicted molar refractivity (Wildman–Crippen MR) is 168 cm³/mol. The van der Waals surface area contributed by atoms with Crippen molar-refractivity contribution in [3.05, 3.63) is 54.4 Å². The first-order valence-electron chi connectivity index (χ1n) is 16.4. The third kappa shape index (κ3) is 4.40. The molecule has 0 aliphatic heterocycles. The molecule has 4 nitrogen and oxygen atoms in total. The molecule has 4 saturated carbocycles. The minimum Gasteiger partial charge on any atom is -0.461 e. The van der Waals surface area contributed by atoms with Crippen LogP contribution in [0.1, 0.15) is 116 Å². The smallest absolute Gasteiger partial charge is 0.339 e. The number of hydrogen-bond donors (Lipinski definition) is 1. The summed E-state index contributed by atoms with van der Waals surface area (Å²) in [4.78, 5) is 17.2. The molecule has 4 heteroatoms. The van der Waals surface area contributed by atoms with Crippen LogP contribution >= 0.6 is 0 Å². The van der Waals surface area contributed by atoms with E-state index in [1.54, 1.807) is 24.5 Å². The van der Waals surface area contributed by atoms with Gasteiger partial charge in [0.25, 0.3) is 0 Å². The fraction of sp³-hybridized carbons (Fsp3) is 0.730. The van der Waals surface area contributed by atoms with E-state index in [4.69, 9.17) is 10.5 Å². The van der Waals surface area contributed by atoms with Gasteiger partial charge in [-0.25, -0.2) is 4.79 Å². The van der Waals surface area contributed by atoms with E-state index in [0.717, 1.165) is 32.2 Å². The number of esters is 1. The number of allylic oxidation sites excluding steroid dienone is 2. The first-order valence-corrected chi connectivity index (χ1v) is 16.4. The van der Waals surface area contributed by atoms with E-state index < -0.39 is 0 Å².